The zero-order valence-corrected chi connectivity index (χ0v) is 33.7. The van der Waals surface area contributed by atoms with E-state index in [-0.39, 0.29) is 69.9 Å². The van der Waals surface area contributed by atoms with Gasteiger partial charge in [-0.3, -0.25) is 33.6 Å². The molecule has 3 heterocycles. The minimum atomic E-state index is -3.95. The van der Waals surface area contributed by atoms with Crippen LogP contribution in [-0.2, 0) is 56.6 Å². The van der Waals surface area contributed by atoms with Crippen LogP contribution in [0.15, 0.2) is 54.7 Å². The lowest BCUT2D eigenvalue weighted by atomic mass is 9.88. The monoisotopic (exact) mass is 809 g/mol. The van der Waals surface area contributed by atoms with E-state index in [0.29, 0.717) is 30.4 Å². The molecule has 5 aliphatic rings. The Hall–Kier alpha value is -4.66. The van der Waals surface area contributed by atoms with Crippen molar-refractivity contribution in [3.8, 4) is 0 Å². The largest absolute Gasteiger partial charge is 0.460 e. The third-order valence-corrected chi connectivity index (χ3v) is 13.2. The number of esters is 1. The van der Waals surface area contributed by atoms with Crippen LogP contribution in [-0.4, -0.2) is 83.2 Å². The van der Waals surface area contributed by atoms with Gasteiger partial charge in [-0.2, -0.15) is 0 Å². The van der Waals surface area contributed by atoms with Gasteiger partial charge < -0.3 is 14.4 Å². The Morgan fingerprint density at radius 2 is 1.75 bits per heavy atom. The first-order chi connectivity index (χ1) is 26.9. The summed E-state index contributed by atoms with van der Waals surface area (Å²) < 4.78 is 54.0. The first-order valence-electron chi connectivity index (χ1n) is 19.7. The average Bonchev–Trinajstić information content (AvgIpc) is 4.01. The highest BCUT2D eigenvalue weighted by Crippen LogP contribution is 2.57. The SMILES string of the molecule is C/C=C/C(=O)CC1/C=C/C=C\[C@@H]2C[C@@]2(C(=O)NS(=O)(=O)C2CC2)CC(=O)[C@@H]2C[C@@H](OC(=O)N3Cc4cccc(F)c4C3)CN2C(=O)[C@@H](CC(=O)OC(C)(C)C)CC1. The lowest BCUT2D eigenvalue weighted by molar-refractivity contribution is -0.159. The molecule has 0 bridgehead atoms. The van der Waals surface area contributed by atoms with E-state index in [1.807, 2.05) is 6.08 Å². The summed E-state index contributed by atoms with van der Waals surface area (Å²) in [5.41, 5.74) is -1.23. The number of rotatable bonds is 9. The lowest BCUT2D eigenvalue weighted by Gasteiger charge is -2.30. The van der Waals surface area contributed by atoms with Crippen molar-refractivity contribution in [3.05, 3.63) is 71.6 Å². The number of carbonyl (C=O) groups is 6. The number of ketones is 2. The van der Waals surface area contributed by atoms with Crippen molar-refractivity contribution >= 4 is 45.5 Å². The predicted octanol–water partition coefficient (Wildman–Crippen LogP) is 5.23. The molecule has 1 unspecified atom stereocenters. The molecule has 13 nitrogen and oxygen atoms in total. The number of fused-ring (bicyclic) bond motifs is 3. The van der Waals surface area contributed by atoms with Crippen molar-refractivity contribution in [2.75, 3.05) is 6.54 Å². The standard InChI is InChI=1S/C42H52FN3O10S/c1-5-9-30(47)18-26-10-6-7-12-29-21-42(29,39(51)44-57(53,54)32-16-17-32)22-36(48)35-20-31(55-40(52)45-23-28-11-8-13-34(43)33(28)25-45)24-46(35)38(50)27(15-14-26)19-37(49)56-41(2,3)4/h5-13,26-27,29,31-32,35H,14-25H2,1-4H3,(H,44,51)/b9-5+,10-6+,12-7-/t26?,27-,29-,31-,35+,42-/m1/s1. The predicted molar refractivity (Wildman–Crippen MR) is 206 cm³/mol. The number of amides is 3. The van der Waals surface area contributed by atoms with Crippen molar-refractivity contribution in [2.45, 2.75) is 122 Å². The third kappa shape index (κ3) is 10.1. The van der Waals surface area contributed by atoms with Gasteiger partial charge in [0.1, 0.15) is 17.5 Å². The molecule has 6 atom stereocenters. The molecular formula is C42H52FN3O10S. The van der Waals surface area contributed by atoms with Gasteiger partial charge in [-0.05, 0) is 89.3 Å². The van der Waals surface area contributed by atoms with Crippen LogP contribution in [0.2, 0.25) is 0 Å². The number of carbonyl (C=O) groups excluding carboxylic acids is 6. The molecule has 308 valence electrons. The molecule has 1 saturated heterocycles. The molecule has 1 aromatic rings. The average molecular weight is 810 g/mol. The molecule has 6 rings (SSSR count). The van der Waals surface area contributed by atoms with Crippen LogP contribution < -0.4 is 4.72 Å². The van der Waals surface area contributed by atoms with Crippen molar-refractivity contribution in [1.82, 2.24) is 14.5 Å². The van der Waals surface area contributed by atoms with Crippen LogP contribution in [0.4, 0.5) is 9.18 Å². The van der Waals surface area contributed by atoms with Gasteiger partial charge in [-0.25, -0.2) is 17.6 Å². The summed E-state index contributed by atoms with van der Waals surface area (Å²) >= 11 is 0. The molecule has 3 fully saturated rings. The number of nitrogens with one attached hydrogen (secondary N) is 1. The molecule has 1 aromatic carbocycles. The fourth-order valence-corrected chi connectivity index (χ4v) is 9.54. The van der Waals surface area contributed by atoms with Gasteiger partial charge in [-0.1, -0.05) is 42.5 Å². The Bertz CT molecular complexity index is 2000. The highest BCUT2D eigenvalue weighted by atomic mass is 32.2. The fraction of sp³-hybridized carbons (Fsp3) is 0.571. The van der Waals surface area contributed by atoms with Crippen LogP contribution >= 0.6 is 0 Å². The number of nitrogens with zero attached hydrogens (tertiary/aromatic N) is 2. The minimum absolute atomic E-state index is 0.0149. The maximum Gasteiger partial charge on any atom is 0.410 e. The van der Waals surface area contributed by atoms with E-state index in [9.17, 15) is 41.6 Å². The Balaban J connectivity index is 1.31. The molecular weight excluding hydrogens is 758 g/mol. The molecule has 2 aliphatic carbocycles. The number of hydrogen-bond donors (Lipinski definition) is 1. The molecule has 0 aromatic heterocycles. The van der Waals surface area contributed by atoms with E-state index in [1.165, 1.54) is 21.9 Å². The molecule has 0 spiro atoms. The zero-order chi connectivity index (χ0) is 41.3. The Kier molecular flexibility index (Phi) is 12.3. The molecule has 0 radical (unpaired) electrons. The van der Waals surface area contributed by atoms with Gasteiger partial charge in [0.15, 0.2) is 11.6 Å². The van der Waals surface area contributed by atoms with E-state index in [1.54, 1.807) is 64.1 Å². The van der Waals surface area contributed by atoms with Crippen molar-refractivity contribution in [1.29, 1.82) is 0 Å². The Morgan fingerprint density at radius 3 is 2.44 bits per heavy atom. The zero-order valence-electron chi connectivity index (χ0n) is 32.9. The minimum Gasteiger partial charge on any atom is -0.460 e. The van der Waals surface area contributed by atoms with Gasteiger partial charge in [0, 0.05) is 37.3 Å². The maximum atomic E-state index is 14.7. The third-order valence-electron chi connectivity index (χ3n) is 11.4. The van der Waals surface area contributed by atoms with Gasteiger partial charge >= 0.3 is 12.1 Å². The van der Waals surface area contributed by atoms with E-state index in [2.05, 4.69) is 4.72 Å². The number of Topliss-reactive ketones (excluding diaryl/α,β-unsaturated/α-hetero) is 1. The highest BCUT2D eigenvalue weighted by molar-refractivity contribution is 7.90. The number of benzene rings is 1. The number of sulfonamides is 1. The summed E-state index contributed by atoms with van der Waals surface area (Å²) in [5.74, 6) is -4.86. The smallest absolute Gasteiger partial charge is 0.410 e. The maximum absolute atomic E-state index is 14.7. The van der Waals surface area contributed by atoms with Gasteiger partial charge in [0.2, 0.25) is 21.8 Å². The second kappa shape index (κ2) is 16.7. The van der Waals surface area contributed by atoms with Gasteiger partial charge in [-0.15, -0.1) is 0 Å². The van der Waals surface area contributed by atoms with E-state index in [4.69, 9.17) is 9.47 Å². The summed E-state index contributed by atoms with van der Waals surface area (Å²) in [6, 6.07) is 3.42. The second-order valence-electron chi connectivity index (χ2n) is 17.0. The fourth-order valence-electron chi connectivity index (χ4n) is 8.16. The lowest BCUT2D eigenvalue weighted by Crippen LogP contribution is -2.46. The topological polar surface area (TPSA) is 174 Å². The number of hydrogen-bond acceptors (Lipinski definition) is 10. The molecule has 3 amide bonds. The van der Waals surface area contributed by atoms with Crippen LogP contribution in [0.1, 0.15) is 96.6 Å². The molecule has 3 aliphatic heterocycles. The summed E-state index contributed by atoms with van der Waals surface area (Å²) in [4.78, 5) is 85.1. The van der Waals surface area contributed by atoms with E-state index in [0.717, 1.165) is 0 Å². The van der Waals surface area contributed by atoms with Crippen LogP contribution in [0.5, 0.6) is 0 Å². The number of halogens is 1. The Morgan fingerprint density at radius 1 is 1.02 bits per heavy atom. The highest BCUT2D eigenvalue weighted by Gasteiger charge is 2.61. The summed E-state index contributed by atoms with van der Waals surface area (Å²) in [7, 11) is -3.95. The van der Waals surface area contributed by atoms with E-state index < -0.39 is 85.7 Å². The van der Waals surface area contributed by atoms with Gasteiger partial charge in [0.05, 0.1) is 36.2 Å². The number of ether oxygens (including phenoxy) is 2. The molecule has 57 heavy (non-hydrogen) atoms. The van der Waals surface area contributed by atoms with Crippen LogP contribution in [0, 0.1) is 29.0 Å². The normalized spacial score (nSPS) is 29.0. The van der Waals surface area contributed by atoms with Gasteiger partial charge in [0.25, 0.3) is 0 Å². The summed E-state index contributed by atoms with van der Waals surface area (Å²) in [6.45, 7) is 6.76. The summed E-state index contributed by atoms with van der Waals surface area (Å²) in [5, 5.41) is -0.672. The number of allylic oxidation sites excluding steroid dienone is 6. The molecule has 1 N–H and O–H groups in total. The van der Waals surface area contributed by atoms with Crippen LogP contribution in [0.25, 0.3) is 0 Å². The Labute approximate surface area is 333 Å². The van der Waals surface area contributed by atoms with Crippen molar-refractivity contribution < 1.29 is 51.0 Å². The molecule has 2 saturated carbocycles. The second-order valence-corrected chi connectivity index (χ2v) is 19.0. The van der Waals surface area contributed by atoms with E-state index >= 15 is 0 Å². The van der Waals surface area contributed by atoms with Crippen LogP contribution in [0.3, 0.4) is 0 Å². The van der Waals surface area contributed by atoms with Crippen molar-refractivity contribution in [3.63, 3.8) is 0 Å². The van der Waals surface area contributed by atoms with Crippen molar-refractivity contribution in [2.24, 2.45) is 23.2 Å². The first kappa shape index (κ1) is 42.0. The summed E-state index contributed by atoms with van der Waals surface area (Å²) in [6.07, 6.45) is 9.30. The molecule has 15 heteroatoms. The quantitative estimate of drug-likeness (QED) is 0.257. The first-order valence-corrected chi connectivity index (χ1v) is 21.3.